The van der Waals surface area contributed by atoms with Gasteiger partial charge in [0.15, 0.2) is 6.61 Å². The van der Waals surface area contributed by atoms with Crippen LogP contribution in [0.2, 0.25) is 5.02 Å². The number of esters is 1. The minimum absolute atomic E-state index is 0.178. The molecule has 0 aromatic heterocycles. The molecule has 126 valence electrons. The fourth-order valence-electron chi connectivity index (χ4n) is 2.02. The second-order valence-corrected chi connectivity index (χ2v) is 6.17. The van der Waals surface area contributed by atoms with Crippen molar-refractivity contribution in [3.8, 4) is 5.75 Å². The zero-order valence-electron chi connectivity index (χ0n) is 13.1. The number of carbonyl (C=O) groups excluding carboxylic acids is 2. The molecular formula is C17H15BrClNO4. The van der Waals surface area contributed by atoms with Crippen molar-refractivity contribution in [3.63, 3.8) is 0 Å². The number of rotatable bonds is 5. The van der Waals surface area contributed by atoms with Gasteiger partial charge in [-0.15, -0.1) is 0 Å². The smallest absolute Gasteiger partial charge is 0.338 e. The molecule has 1 amide bonds. The third kappa shape index (κ3) is 4.49. The van der Waals surface area contributed by atoms with E-state index in [-0.39, 0.29) is 12.5 Å². The van der Waals surface area contributed by atoms with E-state index >= 15 is 0 Å². The van der Waals surface area contributed by atoms with Gasteiger partial charge in [-0.3, -0.25) is 4.79 Å². The Morgan fingerprint density at radius 1 is 1.25 bits per heavy atom. The summed E-state index contributed by atoms with van der Waals surface area (Å²) in [5, 5.41) is 3.28. The lowest BCUT2D eigenvalue weighted by Gasteiger charge is -2.12. The van der Waals surface area contributed by atoms with Gasteiger partial charge in [0.25, 0.3) is 5.91 Å². The van der Waals surface area contributed by atoms with Crippen LogP contribution in [0.3, 0.4) is 0 Å². The third-order valence-corrected chi connectivity index (χ3v) is 4.12. The van der Waals surface area contributed by atoms with E-state index in [2.05, 4.69) is 21.2 Å². The Kier molecular flexibility index (Phi) is 6.23. The summed E-state index contributed by atoms with van der Waals surface area (Å²) in [6, 6.07) is 10.0. The molecule has 0 aliphatic rings. The van der Waals surface area contributed by atoms with Gasteiger partial charge in [0.1, 0.15) is 5.75 Å². The molecule has 0 atom stereocenters. The van der Waals surface area contributed by atoms with E-state index in [1.165, 1.54) is 7.11 Å². The Morgan fingerprint density at radius 2 is 2.00 bits per heavy atom. The van der Waals surface area contributed by atoms with Gasteiger partial charge >= 0.3 is 5.97 Å². The van der Waals surface area contributed by atoms with Crippen LogP contribution in [0, 0.1) is 6.92 Å². The van der Waals surface area contributed by atoms with Crippen molar-refractivity contribution < 1.29 is 19.1 Å². The number of amides is 1. The Labute approximate surface area is 153 Å². The zero-order chi connectivity index (χ0) is 17.7. The van der Waals surface area contributed by atoms with Gasteiger partial charge in [0, 0.05) is 10.7 Å². The molecule has 2 rings (SSSR count). The molecule has 5 nitrogen and oxygen atoms in total. The number of ether oxygens (including phenoxy) is 2. The van der Waals surface area contributed by atoms with E-state index in [1.807, 2.05) is 0 Å². The first-order valence-electron chi connectivity index (χ1n) is 6.98. The maximum atomic E-state index is 12.1. The molecule has 0 bridgehead atoms. The van der Waals surface area contributed by atoms with Gasteiger partial charge in [0.05, 0.1) is 17.1 Å². The first-order chi connectivity index (χ1) is 11.4. The van der Waals surface area contributed by atoms with Crippen LogP contribution in [-0.4, -0.2) is 25.6 Å². The quantitative estimate of drug-likeness (QED) is 0.747. The normalized spacial score (nSPS) is 10.2. The van der Waals surface area contributed by atoms with E-state index < -0.39 is 5.97 Å². The molecule has 2 aromatic carbocycles. The van der Waals surface area contributed by atoms with Crippen LogP contribution < -0.4 is 10.1 Å². The fourth-order valence-corrected chi connectivity index (χ4v) is 2.82. The molecule has 2 aromatic rings. The molecular weight excluding hydrogens is 398 g/mol. The Morgan fingerprint density at radius 3 is 2.67 bits per heavy atom. The summed E-state index contributed by atoms with van der Waals surface area (Å²) in [6.45, 7) is 1.56. The number of carbonyl (C=O) groups is 2. The molecule has 0 saturated heterocycles. The number of hydrogen-bond donors (Lipinski definition) is 1. The highest BCUT2D eigenvalue weighted by Crippen LogP contribution is 2.28. The van der Waals surface area contributed by atoms with E-state index in [0.717, 1.165) is 0 Å². The standard InChI is InChI=1S/C17H15BrClNO4/c1-10-12(17(22)23-2)4-3-5-14(10)20-16(21)9-24-15-7-6-11(19)8-13(15)18/h3-8H,9H2,1-2H3,(H,20,21). The monoisotopic (exact) mass is 411 g/mol. The van der Waals surface area contributed by atoms with Gasteiger partial charge in [-0.2, -0.15) is 0 Å². The highest BCUT2D eigenvalue weighted by Gasteiger charge is 2.14. The van der Waals surface area contributed by atoms with Crippen LogP contribution in [0.25, 0.3) is 0 Å². The number of nitrogens with one attached hydrogen (secondary N) is 1. The summed E-state index contributed by atoms with van der Waals surface area (Å²) in [4.78, 5) is 23.7. The van der Waals surface area contributed by atoms with Crippen molar-refractivity contribution in [1.29, 1.82) is 0 Å². The first kappa shape index (κ1) is 18.3. The minimum Gasteiger partial charge on any atom is -0.483 e. The average molecular weight is 413 g/mol. The summed E-state index contributed by atoms with van der Waals surface area (Å²) >= 11 is 9.17. The molecule has 24 heavy (non-hydrogen) atoms. The number of benzene rings is 2. The fraction of sp³-hybridized carbons (Fsp3) is 0.176. The van der Waals surface area contributed by atoms with E-state index in [9.17, 15) is 9.59 Å². The highest BCUT2D eigenvalue weighted by atomic mass is 79.9. The van der Waals surface area contributed by atoms with Gasteiger partial charge in [-0.05, 0) is 58.7 Å². The van der Waals surface area contributed by atoms with Crippen LogP contribution >= 0.6 is 27.5 Å². The minimum atomic E-state index is -0.454. The largest absolute Gasteiger partial charge is 0.483 e. The van der Waals surface area contributed by atoms with Gasteiger partial charge in [-0.1, -0.05) is 17.7 Å². The maximum absolute atomic E-state index is 12.1. The van der Waals surface area contributed by atoms with Crippen molar-refractivity contribution in [2.75, 3.05) is 19.0 Å². The lowest BCUT2D eigenvalue weighted by molar-refractivity contribution is -0.118. The van der Waals surface area contributed by atoms with Crippen molar-refractivity contribution in [2.24, 2.45) is 0 Å². The van der Waals surface area contributed by atoms with E-state index in [1.54, 1.807) is 43.3 Å². The van der Waals surface area contributed by atoms with Crippen LogP contribution in [0.4, 0.5) is 5.69 Å². The van der Waals surface area contributed by atoms with E-state index in [0.29, 0.717) is 32.1 Å². The lowest BCUT2D eigenvalue weighted by atomic mass is 10.1. The predicted octanol–water partition coefficient (Wildman–Crippen LogP) is 4.22. The van der Waals surface area contributed by atoms with Crippen molar-refractivity contribution >= 4 is 45.1 Å². The van der Waals surface area contributed by atoms with Gasteiger partial charge in [0.2, 0.25) is 0 Å². The molecule has 1 N–H and O–H groups in total. The molecule has 0 fully saturated rings. The summed E-state index contributed by atoms with van der Waals surface area (Å²) in [7, 11) is 1.31. The molecule has 0 spiro atoms. The van der Waals surface area contributed by atoms with Gasteiger partial charge < -0.3 is 14.8 Å². The van der Waals surface area contributed by atoms with Crippen molar-refractivity contribution in [1.82, 2.24) is 0 Å². The third-order valence-electron chi connectivity index (χ3n) is 3.27. The number of anilines is 1. The number of hydrogen-bond acceptors (Lipinski definition) is 4. The first-order valence-corrected chi connectivity index (χ1v) is 8.15. The van der Waals surface area contributed by atoms with Crippen molar-refractivity contribution in [2.45, 2.75) is 6.92 Å². The SMILES string of the molecule is COC(=O)c1cccc(NC(=O)COc2ccc(Cl)cc2Br)c1C. The highest BCUT2D eigenvalue weighted by molar-refractivity contribution is 9.10. The van der Waals surface area contributed by atoms with E-state index in [4.69, 9.17) is 21.1 Å². The Hall–Kier alpha value is -2.05. The molecule has 0 radical (unpaired) electrons. The molecule has 0 unspecified atom stereocenters. The van der Waals surface area contributed by atoms with Crippen LogP contribution in [0.5, 0.6) is 5.75 Å². The summed E-state index contributed by atoms with van der Waals surface area (Å²) in [5.74, 6) is -0.290. The number of halogens is 2. The molecule has 0 aliphatic carbocycles. The van der Waals surface area contributed by atoms with Crippen molar-refractivity contribution in [3.05, 3.63) is 57.0 Å². The maximum Gasteiger partial charge on any atom is 0.338 e. The van der Waals surface area contributed by atoms with Crippen LogP contribution in [-0.2, 0) is 9.53 Å². The Bertz CT molecular complexity index is 779. The van der Waals surface area contributed by atoms with Crippen LogP contribution in [0.1, 0.15) is 15.9 Å². The molecule has 0 aliphatic heterocycles. The zero-order valence-corrected chi connectivity index (χ0v) is 15.4. The summed E-state index contributed by atoms with van der Waals surface area (Å²) in [6.07, 6.45) is 0. The molecule has 7 heteroatoms. The Balaban J connectivity index is 2.03. The predicted molar refractivity (Wildman–Crippen MR) is 95.8 cm³/mol. The van der Waals surface area contributed by atoms with Gasteiger partial charge in [-0.25, -0.2) is 4.79 Å². The van der Waals surface area contributed by atoms with Crippen LogP contribution in [0.15, 0.2) is 40.9 Å². The topological polar surface area (TPSA) is 64.6 Å². The average Bonchev–Trinajstić information content (AvgIpc) is 2.55. The lowest BCUT2D eigenvalue weighted by Crippen LogP contribution is -2.21. The molecule has 0 heterocycles. The second-order valence-electron chi connectivity index (χ2n) is 4.88. The second kappa shape index (κ2) is 8.17. The number of methoxy groups -OCH3 is 1. The molecule has 0 saturated carbocycles. The summed E-state index contributed by atoms with van der Waals surface area (Å²) < 4.78 is 10.8. The summed E-state index contributed by atoms with van der Waals surface area (Å²) in [5.41, 5.74) is 1.56.